The van der Waals surface area contributed by atoms with Crippen molar-refractivity contribution in [2.75, 3.05) is 19.3 Å². The number of carbonyl (C=O) groups excluding carboxylic acids is 1. The molecule has 1 saturated heterocycles. The molecular formula is C20H23NO3S. The lowest BCUT2D eigenvalue weighted by molar-refractivity contribution is 0.0869. The first-order chi connectivity index (χ1) is 12.2. The van der Waals surface area contributed by atoms with E-state index >= 15 is 0 Å². The molecule has 1 aliphatic rings. The molecular weight excluding hydrogens is 334 g/mol. The van der Waals surface area contributed by atoms with Gasteiger partial charge in [0, 0.05) is 18.0 Å². The van der Waals surface area contributed by atoms with Crippen molar-refractivity contribution in [3.8, 4) is 5.75 Å². The van der Waals surface area contributed by atoms with E-state index in [1.807, 2.05) is 48.7 Å². The van der Waals surface area contributed by atoms with Crippen LogP contribution in [-0.2, 0) is 11.3 Å². The monoisotopic (exact) mass is 357 g/mol. The van der Waals surface area contributed by atoms with Crippen molar-refractivity contribution < 1.29 is 14.6 Å². The molecule has 1 heterocycles. The highest BCUT2D eigenvalue weighted by atomic mass is 32.2. The van der Waals surface area contributed by atoms with E-state index in [0.717, 1.165) is 23.3 Å². The van der Waals surface area contributed by atoms with Gasteiger partial charge in [0.25, 0.3) is 0 Å². The van der Waals surface area contributed by atoms with Gasteiger partial charge < -0.3 is 14.7 Å². The number of hydrogen-bond acceptors (Lipinski definition) is 4. The number of amides is 1. The van der Waals surface area contributed by atoms with Crippen molar-refractivity contribution in [1.29, 1.82) is 0 Å². The van der Waals surface area contributed by atoms with Crippen LogP contribution in [-0.4, -0.2) is 35.4 Å². The number of rotatable bonds is 4. The lowest BCUT2D eigenvalue weighted by Gasteiger charge is -2.32. The van der Waals surface area contributed by atoms with Crippen molar-refractivity contribution in [2.45, 2.75) is 30.3 Å². The quantitative estimate of drug-likeness (QED) is 0.811. The Hall–Kier alpha value is -2.14. The van der Waals surface area contributed by atoms with Crippen LogP contribution in [0.1, 0.15) is 29.9 Å². The van der Waals surface area contributed by atoms with E-state index in [4.69, 9.17) is 4.74 Å². The van der Waals surface area contributed by atoms with Gasteiger partial charge in [-0.15, -0.1) is 11.8 Å². The van der Waals surface area contributed by atoms with Gasteiger partial charge >= 0.3 is 6.09 Å². The largest absolute Gasteiger partial charge is 0.508 e. The average Bonchev–Trinajstić information content (AvgIpc) is 2.67. The van der Waals surface area contributed by atoms with E-state index in [9.17, 15) is 9.90 Å². The Labute approximate surface area is 152 Å². The Morgan fingerprint density at radius 1 is 1.20 bits per heavy atom. The molecule has 0 aliphatic carbocycles. The maximum absolute atomic E-state index is 12.2. The second kappa shape index (κ2) is 8.30. The van der Waals surface area contributed by atoms with E-state index < -0.39 is 0 Å². The molecule has 1 N–H and O–H groups in total. The van der Waals surface area contributed by atoms with Gasteiger partial charge in [-0.1, -0.05) is 36.4 Å². The number of phenols is 1. The van der Waals surface area contributed by atoms with E-state index in [1.54, 1.807) is 22.7 Å². The fraction of sp³-hybridized carbons (Fsp3) is 0.350. The third kappa shape index (κ3) is 4.48. The molecule has 0 aromatic heterocycles. The fourth-order valence-electron chi connectivity index (χ4n) is 3.22. The number of carbonyl (C=O) groups is 1. The molecule has 0 saturated carbocycles. The highest BCUT2D eigenvalue weighted by molar-refractivity contribution is 7.98. The van der Waals surface area contributed by atoms with E-state index in [1.165, 1.54) is 5.56 Å². The van der Waals surface area contributed by atoms with E-state index in [2.05, 4.69) is 0 Å². The van der Waals surface area contributed by atoms with Crippen LogP contribution in [0.2, 0.25) is 0 Å². The molecule has 3 rings (SSSR count). The number of likely N-dealkylation sites (tertiary alicyclic amines) is 1. The first-order valence-corrected chi connectivity index (χ1v) is 9.72. The van der Waals surface area contributed by atoms with Crippen molar-refractivity contribution in [2.24, 2.45) is 0 Å². The smallest absolute Gasteiger partial charge is 0.410 e. The van der Waals surface area contributed by atoms with Crippen LogP contribution in [0, 0.1) is 0 Å². The number of ether oxygens (including phenoxy) is 1. The van der Waals surface area contributed by atoms with Crippen molar-refractivity contribution >= 4 is 17.9 Å². The van der Waals surface area contributed by atoms with Crippen molar-refractivity contribution in [1.82, 2.24) is 4.90 Å². The second-order valence-corrected chi connectivity index (χ2v) is 7.08. The lowest BCUT2D eigenvalue weighted by atomic mass is 9.89. The number of nitrogens with zero attached hydrogens (tertiary/aromatic N) is 1. The molecule has 2 aromatic rings. The summed E-state index contributed by atoms with van der Waals surface area (Å²) in [5, 5.41) is 9.65. The summed E-state index contributed by atoms with van der Waals surface area (Å²) in [6, 6.07) is 15.3. The molecule has 1 fully saturated rings. The Balaban J connectivity index is 1.54. The van der Waals surface area contributed by atoms with Crippen molar-refractivity contribution in [3.05, 3.63) is 59.7 Å². The first-order valence-electron chi connectivity index (χ1n) is 8.50. The molecule has 0 atom stereocenters. The summed E-state index contributed by atoms with van der Waals surface area (Å²) < 4.78 is 5.42. The minimum Gasteiger partial charge on any atom is -0.508 e. The number of hydrogen-bond donors (Lipinski definition) is 1. The molecule has 0 radical (unpaired) electrons. The molecule has 1 aliphatic heterocycles. The third-order valence-corrected chi connectivity index (χ3v) is 5.41. The van der Waals surface area contributed by atoms with Gasteiger partial charge in [-0.25, -0.2) is 4.79 Å². The summed E-state index contributed by atoms with van der Waals surface area (Å²) >= 11 is 1.65. The molecule has 1 amide bonds. The van der Waals surface area contributed by atoms with Crippen LogP contribution < -0.4 is 0 Å². The zero-order valence-electron chi connectivity index (χ0n) is 14.4. The number of thioether (sulfide) groups is 1. The van der Waals surface area contributed by atoms with Crippen LogP contribution in [0.3, 0.4) is 0 Å². The summed E-state index contributed by atoms with van der Waals surface area (Å²) in [5.41, 5.74) is 2.27. The predicted octanol–water partition coefficient (Wildman–Crippen LogP) is 4.63. The fourth-order valence-corrected chi connectivity index (χ4v) is 3.93. The van der Waals surface area contributed by atoms with Crippen LogP contribution >= 0.6 is 11.8 Å². The molecule has 0 spiro atoms. The number of phenolic OH excluding ortho intramolecular Hbond substituents is 1. The van der Waals surface area contributed by atoms with Crippen molar-refractivity contribution in [3.63, 3.8) is 0 Å². The Morgan fingerprint density at radius 2 is 1.92 bits per heavy atom. The third-order valence-electron chi connectivity index (χ3n) is 4.62. The summed E-state index contributed by atoms with van der Waals surface area (Å²) in [7, 11) is 0. The molecule has 5 heteroatoms. The Kier molecular flexibility index (Phi) is 5.87. The molecule has 132 valence electrons. The van der Waals surface area contributed by atoms with Gasteiger partial charge in [0.15, 0.2) is 0 Å². The zero-order chi connectivity index (χ0) is 17.6. The minimum absolute atomic E-state index is 0.238. The molecule has 4 nitrogen and oxygen atoms in total. The predicted molar refractivity (Wildman–Crippen MR) is 100 cm³/mol. The van der Waals surface area contributed by atoms with Gasteiger partial charge in [-0.05, 0) is 48.3 Å². The summed E-state index contributed by atoms with van der Waals surface area (Å²) in [6.07, 6.45) is 3.62. The van der Waals surface area contributed by atoms with Gasteiger partial charge in [0.1, 0.15) is 12.4 Å². The van der Waals surface area contributed by atoms with E-state index in [0.29, 0.717) is 31.4 Å². The molecule has 0 bridgehead atoms. The summed E-state index contributed by atoms with van der Waals surface area (Å²) in [5.74, 6) is 0.719. The molecule has 2 aromatic carbocycles. The SMILES string of the molecule is CSc1cc(O)ccc1C1CCN(C(=O)OCc2ccccc2)CC1. The maximum Gasteiger partial charge on any atom is 0.410 e. The van der Waals surface area contributed by atoms with Crippen LogP contribution in [0.5, 0.6) is 5.75 Å². The van der Waals surface area contributed by atoms with Gasteiger partial charge in [-0.3, -0.25) is 0 Å². The van der Waals surface area contributed by atoms with Gasteiger partial charge in [0.05, 0.1) is 0 Å². The highest BCUT2D eigenvalue weighted by Crippen LogP contribution is 2.36. The number of piperidine rings is 1. The normalized spacial score (nSPS) is 15.2. The summed E-state index contributed by atoms with van der Waals surface area (Å²) in [6.45, 7) is 1.72. The Bertz CT molecular complexity index is 712. The molecule has 0 unspecified atom stereocenters. The summed E-state index contributed by atoms with van der Waals surface area (Å²) in [4.78, 5) is 15.2. The number of aromatic hydroxyl groups is 1. The maximum atomic E-state index is 12.2. The number of benzene rings is 2. The molecule has 25 heavy (non-hydrogen) atoms. The minimum atomic E-state index is -0.238. The van der Waals surface area contributed by atoms with Gasteiger partial charge in [-0.2, -0.15) is 0 Å². The standard InChI is InChI=1S/C20H23NO3S/c1-25-19-13-17(22)7-8-18(19)16-9-11-21(12-10-16)20(23)24-14-15-5-3-2-4-6-15/h2-8,13,16,22H,9-12,14H2,1H3. The second-order valence-electron chi connectivity index (χ2n) is 6.23. The van der Waals surface area contributed by atoms with Crippen LogP contribution in [0.4, 0.5) is 4.79 Å². The van der Waals surface area contributed by atoms with Crippen LogP contribution in [0.15, 0.2) is 53.4 Å². The Morgan fingerprint density at radius 3 is 2.60 bits per heavy atom. The lowest BCUT2D eigenvalue weighted by Crippen LogP contribution is -2.38. The van der Waals surface area contributed by atoms with E-state index in [-0.39, 0.29) is 6.09 Å². The average molecular weight is 357 g/mol. The topological polar surface area (TPSA) is 49.8 Å². The highest BCUT2D eigenvalue weighted by Gasteiger charge is 2.26. The first kappa shape index (κ1) is 17.7. The van der Waals surface area contributed by atoms with Crippen LogP contribution in [0.25, 0.3) is 0 Å². The zero-order valence-corrected chi connectivity index (χ0v) is 15.2. The van der Waals surface area contributed by atoms with Gasteiger partial charge in [0.2, 0.25) is 0 Å².